The van der Waals surface area contributed by atoms with Crippen LogP contribution in [0.5, 0.6) is 5.88 Å². The van der Waals surface area contributed by atoms with Gasteiger partial charge in [0.05, 0.1) is 31.5 Å². The molecule has 2 aliphatic rings. The first-order chi connectivity index (χ1) is 10.9. The van der Waals surface area contributed by atoms with E-state index in [-0.39, 0.29) is 24.3 Å². The molecule has 0 unspecified atom stereocenters. The van der Waals surface area contributed by atoms with E-state index in [1.807, 2.05) is 20.8 Å². The van der Waals surface area contributed by atoms with Crippen molar-refractivity contribution >= 4 is 23.6 Å². The zero-order chi connectivity index (χ0) is 16.4. The highest BCUT2D eigenvalue weighted by Crippen LogP contribution is 2.27. The Morgan fingerprint density at radius 3 is 2.70 bits per heavy atom. The number of rotatable bonds is 4. The average molecular weight is 342 g/mol. The second-order valence-electron chi connectivity index (χ2n) is 6.59. The van der Waals surface area contributed by atoms with Gasteiger partial charge in [0.15, 0.2) is 6.10 Å². The van der Waals surface area contributed by atoms with Gasteiger partial charge in [0.1, 0.15) is 6.61 Å². The maximum absolute atomic E-state index is 11.9. The van der Waals surface area contributed by atoms with Gasteiger partial charge in [0.25, 0.3) is 5.88 Å². The zero-order valence-corrected chi connectivity index (χ0v) is 14.5. The van der Waals surface area contributed by atoms with E-state index in [2.05, 4.69) is 13.6 Å². The number of cyclic esters (lactones) is 1. The fourth-order valence-corrected chi connectivity index (χ4v) is 3.08. The molecular weight excluding hydrogens is 320 g/mol. The van der Waals surface area contributed by atoms with E-state index in [0.717, 1.165) is 30.6 Å². The Labute approximate surface area is 139 Å². The van der Waals surface area contributed by atoms with Crippen LogP contribution in [0.3, 0.4) is 0 Å². The summed E-state index contributed by atoms with van der Waals surface area (Å²) in [7, 11) is 0. The summed E-state index contributed by atoms with van der Waals surface area (Å²) in [5, 5.41) is 0. The summed E-state index contributed by atoms with van der Waals surface area (Å²) in [4.78, 5) is 15.7. The number of ether oxygens (including phenoxy) is 3. The second-order valence-corrected chi connectivity index (χ2v) is 7.12. The summed E-state index contributed by atoms with van der Waals surface area (Å²) < 4.78 is 25.0. The maximum Gasteiger partial charge on any atom is 0.410 e. The molecule has 1 aromatic heterocycles. The monoisotopic (exact) mass is 342 g/mol. The van der Waals surface area contributed by atoms with E-state index in [0.29, 0.717) is 25.6 Å². The first-order valence-electron chi connectivity index (χ1n) is 7.71. The van der Waals surface area contributed by atoms with E-state index < -0.39 is 0 Å². The van der Waals surface area contributed by atoms with Crippen LogP contribution < -0.4 is 9.64 Å². The standard InChI is InChI=1S/C14H22N4O4S/c1-14(2,3)18-8-10(22-13(18)19)9-21-12-11(15-23-16-12)17-4-6-20-7-5-17/h10H,4-9H2,1-3H3/t10-/m0/s1. The molecule has 2 fully saturated rings. The number of carbonyl (C=O) groups is 1. The average Bonchev–Trinajstić information content (AvgIpc) is 3.11. The highest BCUT2D eigenvalue weighted by Gasteiger charge is 2.38. The van der Waals surface area contributed by atoms with E-state index in [9.17, 15) is 4.79 Å². The lowest BCUT2D eigenvalue weighted by Crippen LogP contribution is -2.42. The smallest absolute Gasteiger partial charge is 0.410 e. The minimum atomic E-state index is -0.295. The van der Waals surface area contributed by atoms with Crippen LogP contribution in [0.25, 0.3) is 0 Å². The lowest BCUT2D eigenvalue weighted by Gasteiger charge is -2.29. The first-order valence-corrected chi connectivity index (χ1v) is 8.44. The third-order valence-electron chi connectivity index (χ3n) is 3.84. The van der Waals surface area contributed by atoms with Gasteiger partial charge in [-0.2, -0.15) is 4.37 Å². The maximum atomic E-state index is 11.9. The molecule has 2 aliphatic heterocycles. The number of hydrogen-bond acceptors (Lipinski definition) is 8. The van der Waals surface area contributed by atoms with Crippen molar-refractivity contribution in [2.45, 2.75) is 32.4 Å². The van der Waals surface area contributed by atoms with E-state index in [1.165, 1.54) is 0 Å². The lowest BCUT2D eigenvalue weighted by atomic mass is 10.1. The highest BCUT2D eigenvalue weighted by molar-refractivity contribution is 6.99. The van der Waals surface area contributed by atoms with Crippen molar-refractivity contribution in [3.8, 4) is 5.88 Å². The Balaban J connectivity index is 1.57. The minimum absolute atomic E-state index is 0.257. The molecule has 1 atom stereocenters. The van der Waals surface area contributed by atoms with E-state index in [4.69, 9.17) is 14.2 Å². The zero-order valence-electron chi connectivity index (χ0n) is 13.7. The Morgan fingerprint density at radius 2 is 2.04 bits per heavy atom. The lowest BCUT2D eigenvalue weighted by molar-refractivity contribution is 0.0978. The van der Waals surface area contributed by atoms with Gasteiger partial charge in [-0.05, 0) is 20.8 Å². The first kappa shape index (κ1) is 16.3. The summed E-state index contributed by atoms with van der Waals surface area (Å²) in [5.41, 5.74) is -0.257. The summed E-state index contributed by atoms with van der Waals surface area (Å²) >= 11 is 1.12. The molecule has 0 radical (unpaired) electrons. The van der Waals surface area contributed by atoms with Gasteiger partial charge in [-0.25, -0.2) is 4.79 Å². The van der Waals surface area contributed by atoms with Crippen molar-refractivity contribution in [3.63, 3.8) is 0 Å². The van der Waals surface area contributed by atoms with Crippen LogP contribution >= 0.6 is 11.7 Å². The molecule has 0 aliphatic carbocycles. The van der Waals surface area contributed by atoms with Crippen LogP contribution in [-0.2, 0) is 9.47 Å². The van der Waals surface area contributed by atoms with Crippen molar-refractivity contribution in [1.29, 1.82) is 0 Å². The van der Waals surface area contributed by atoms with Crippen molar-refractivity contribution in [1.82, 2.24) is 13.6 Å². The Morgan fingerprint density at radius 1 is 1.30 bits per heavy atom. The third-order valence-corrected chi connectivity index (χ3v) is 4.34. The van der Waals surface area contributed by atoms with Crippen molar-refractivity contribution < 1.29 is 19.0 Å². The molecule has 2 saturated heterocycles. The predicted molar refractivity (Wildman–Crippen MR) is 85.2 cm³/mol. The molecule has 1 aromatic rings. The van der Waals surface area contributed by atoms with Gasteiger partial charge in [0, 0.05) is 18.6 Å². The van der Waals surface area contributed by atoms with Crippen molar-refractivity contribution in [2.75, 3.05) is 44.4 Å². The molecular formula is C14H22N4O4S. The molecule has 3 heterocycles. The number of aromatic nitrogens is 2. The quantitative estimate of drug-likeness (QED) is 0.818. The van der Waals surface area contributed by atoms with Gasteiger partial charge in [0.2, 0.25) is 5.82 Å². The molecule has 1 amide bonds. The molecule has 3 rings (SSSR count). The Bertz CT molecular complexity index is 553. The molecule has 9 heteroatoms. The predicted octanol–water partition coefficient (Wildman–Crippen LogP) is 1.37. The largest absolute Gasteiger partial charge is 0.470 e. The van der Waals surface area contributed by atoms with Gasteiger partial charge >= 0.3 is 6.09 Å². The van der Waals surface area contributed by atoms with Crippen LogP contribution in [0.1, 0.15) is 20.8 Å². The van der Waals surface area contributed by atoms with Crippen molar-refractivity contribution in [3.05, 3.63) is 0 Å². The number of morpholine rings is 1. The van der Waals surface area contributed by atoms with Crippen LogP contribution in [0.2, 0.25) is 0 Å². The highest BCUT2D eigenvalue weighted by atomic mass is 32.1. The van der Waals surface area contributed by atoms with E-state index in [1.54, 1.807) is 4.90 Å². The molecule has 0 bridgehead atoms. The van der Waals surface area contributed by atoms with Gasteiger partial charge in [-0.3, -0.25) is 4.90 Å². The number of amides is 1. The van der Waals surface area contributed by atoms with Crippen LogP contribution in [0.4, 0.5) is 10.6 Å². The fourth-order valence-electron chi connectivity index (χ4n) is 2.56. The molecule has 0 spiro atoms. The van der Waals surface area contributed by atoms with Crippen LogP contribution in [-0.4, -0.2) is 70.8 Å². The molecule has 8 nitrogen and oxygen atoms in total. The van der Waals surface area contributed by atoms with Crippen LogP contribution in [0, 0.1) is 0 Å². The Hall–Kier alpha value is -1.61. The van der Waals surface area contributed by atoms with E-state index >= 15 is 0 Å². The summed E-state index contributed by atoms with van der Waals surface area (Å²) in [6.07, 6.45) is -0.586. The van der Waals surface area contributed by atoms with Gasteiger partial charge < -0.3 is 19.1 Å². The summed E-state index contributed by atoms with van der Waals surface area (Å²) in [6.45, 7) is 9.66. The molecule has 0 aromatic carbocycles. The number of anilines is 1. The molecule has 0 saturated carbocycles. The number of carbonyl (C=O) groups excluding carboxylic acids is 1. The van der Waals surface area contributed by atoms with Crippen molar-refractivity contribution in [2.24, 2.45) is 0 Å². The van der Waals surface area contributed by atoms with Crippen LogP contribution in [0.15, 0.2) is 0 Å². The molecule has 128 valence electrons. The topological polar surface area (TPSA) is 77.0 Å². The minimum Gasteiger partial charge on any atom is -0.470 e. The van der Waals surface area contributed by atoms with Gasteiger partial charge in [-0.15, -0.1) is 4.37 Å². The summed E-state index contributed by atoms with van der Waals surface area (Å²) in [6, 6.07) is 0. The number of nitrogens with zero attached hydrogens (tertiary/aromatic N) is 4. The fraction of sp³-hybridized carbons (Fsp3) is 0.786. The third kappa shape index (κ3) is 3.66. The summed E-state index contributed by atoms with van der Waals surface area (Å²) in [5.74, 6) is 1.25. The number of hydrogen-bond donors (Lipinski definition) is 0. The Kier molecular flexibility index (Phi) is 4.58. The molecule has 0 N–H and O–H groups in total. The normalized spacial score (nSPS) is 22.4. The van der Waals surface area contributed by atoms with Gasteiger partial charge in [-0.1, -0.05) is 0 Å². The second kappa shape index (κ2) is 6.48. The SMILES string of the molecule is CC(C)(C)N1C[C@@H](COc2nsnc2N2CCOCC2)OC1=O. The molecule has 23 heavy (non-hydrogen) atoms.